The molecule has 1 aliphatic heterocycles. The first kappa shape index (κ1) is 10.8. The highest BCUT2D eigenvalue weighted by atomic mass is 32.1. The molecule has 3 rings (SSSR count). The molecule has 1 aliphatic rings. The van der Waals surface area contributed by atoms with Gasteiger partial charge in [-0.15, -0.1) is 5.10 Å². The first-order valence-corrected chi connectivity index (χ1v) is 6.40. The van der Waals surface area contributed by atoms with E-state index in [1.165, 1.54) is 23.2 Å². The van der Waals surface area contributed by atoms with Crippen LogP contribution in [0.15, 0.2) is 23.6 Å². The van der Waals surface area contributed by atoms with Gasteiger partial charge in [-0.05, 0) is 41.2 Å². The summed E-state index contributed by atoms with van der Waals surface area (Å²) in [5.41, 5.74) is 3.37. The number of fused-ring (bicyclic) bond motifs is 1. The van der Waals surface area contributed by atoms with Gasteiger partial charge in [0.15, 0.2) is 0 Å². The van der Waals surface area contributed by atoms with Gasteiger partial charge in [0.05, 0.1) is 5.69 Å². The molecule has 0 radical (unpaired) electrons. The summed E-state index contributed by atoms with van der Waals surface area (Å²) in [5, 5.41) is 6.02. The summed E-state index contributed by atoms with van der Waals surface area (Å²) in [5.74, 6) is -0.138. The van der Waals surface area contributed by atoms with E-state index < -0.39 is 0 Å². The fraction of sp³-hybridized carbons (Fsp3) is 0.333. The normalized spacial score (nSPS) is 15.8. The van der Waals surface area contributed by atoms with Crippen LogP contribution in [0.4, 0.5) is 4.39 Å². The Kier molecular flexibility index (Phi) is 2.86. The van der Waals surface area contributed by atoms with Gasteiger partial charge < -0.3 is 0 Å². The van der Waals surface area contributed by atoms with Crippen LogP contribution in [0.2, 0.25) is 0 Å². The molecule has 0 saturated carbocycles. The Morgan fingerprint density at radius 1 is 1.35 bits per heavy atom. The van der Waals surface area contributed by atoms with E-state index in [0.29, 0.717) is 0 Å². The molecule has 0 fully saturated rings. The van der Waals surface area contributed by atoms with Crippen molar-refractivity contribution in [1.82, 2.24) is 14.5 Å². The molecule has 1 aromatic heterocycles. The summed E-state index contributed by atoms with van der Waals surface area (Å²) in [6, 6.07) is 5.07. The largest absolute Gasteiger partial charge is 0.293 e. The second-order valence-electron chi connectivity index (χ2n) is 4.27. The van der Waals surface area contributed by atoms with Gasteiger partial charge in [-0.3, -0.25) is 4.90 Å². The van der Waals surface area contributed by atoms with Crippen LogP contribution in [0.25, 0.3) is 0 Å². The minimum Gasteiger partial charge on any atom is -0.293 e. The lowest BCUT2D eigenvalue weighted by Gasteiger charge is -2.27. The lowest BCUT2D eigenvalue weighted by Crippen LogP contribution is -2.30. The predicted molar refractivity (Wildman–Crippen MR) is 64.1 cm³/mol. The van der Waals surface area contributed by atoms with Gasteiger partial charge in [-0.2, -0.15) is 0 Å². The lowest BCUT2D eigenvalue weighted by molar-refractivity contribution is 0.242. The summed E-state index contributed by atoms with van der Waals surface area (Å²) in [6.45, 7) is 2.65. The van der Waals surface area contributed by atoms with Crippen LogP contribution in [0, 0.1) is 5.82 Å². The second-order valence-corrected chi connectivity index (χ2v) is 4.88. The molecule has 88 valence electrons. The van der Waals surface area contributed by atoms with E-state index in [-0.39, 0.29) is 5.82 Å². The average Bonchev–Trinajstić information content (AvgIpc) is 2.82. The van der Waals surface area contributed by atoms with Crippen molar-refractivity contribution in [2.24, 2.45) is 0 Å². The zero-order valence-corrected chi connectivity index (χ0v) is 10.1. The SMILES string of the molecule is Fc1ccc2c(c1)CCN(Cc1csnn1)C2. The molecule has 5 heteroatoms. The van der Waals surface area contributed by atoms with Crippen LogP contribution in [0.5, 0.6) is 0 Å². The van der Waals surface area contributed by atoms with Gasteiger partial charge in [-0.1, -0.05) is 10.6 Å². The van der Waals surface area contributed by atoms with Gasteiger partial charge >= 0.3 is 0 Å². The van der Waals surface area contributed by atoms with E-state index in [0.717, 1.165) is 37.3 Å². The number of benzene rings is 1. The fourth-order valence-electron chi connectivity index (χ4n) is 2.20. The first-order valence-electron chi connectivity index (χ1n) is 5.57. The van der Waals surface area contributed by atoms with Gasteiger partial charge in [0.1, 0.15) is 5.82 Å². The molecule has 2 heterocycles. The van der Waals surface area contributed by atoms with E-state index in [2.05, 4.69) is 14.5 Å². The van der Waals surface area contributed by atoms with Crippen molar-refractivity contribution in [3.8, 4) is 0 Å². The number of hydrogen-bond donors (Lipinski definition) is 0. The highest BCUT2D eigenvalue weighted by molar-refractivity contribution is 7.03. The molecule has 0 amide bonds. The molecule has 0 saturated heterocycles. The van der Waals surface area contributed by atoms with Crippen LogP contribution in [0.3, 0.4) is 0 Å². The highest BCUT2D eigenvalue weighted by Gasteiger charge is 2.17. The van der Waals surface area contributed by atoms with Crippen molar-refractivity contribution in [2.45, 2.75) is 19.5 Å². The Morgan fingerprint density at radius 3 is 3.12 bits per heavy atom. The number of rotatable bonds is 2. The Bertz CT molecular complexity index is 512. The third kappa shape index (κ3) is 2.35. The molecule has 0 spiro atoms. The van der Waals surface area contributed by atoms with Crippen LogP contribution < -0.4 is 0 Å². The fourth-order valence-corrected chi connectivity index (χ4v) is 2.64. The van der Waals surface area contributed by atoms with Crippen LogP contribution in [0.1, 0.15) is 16.8 Å². The minimum absolute atomic E-state index is 0.138. The molecule has 0 N–H and O–H groups in total. The maximum absolute atomic E-state index is 13.1. The third-order valence-electron chi connectivity index (χ3n) is 3.05. The van der Waals surface area contributed by atoms with Crippen molar-refractivity contribution in [2.75, 3.05) is 6.54 Å². The Balaban J connectivity index is 1.74. The summed E-state index contributed by atoms with van der Waals surface area (Å²) < 4.78 is 16.9. The summed E-state index contributed by atoms with van der Waals surface area (Å²) in [4.78, 5) is 2.32. The summed E-state index contributed by atoms with van der Waals surface area (Å²) >= 11 is 1.38. The second kappa shape index (κ2) is 4.50. The number of nitrogens with zero attached hydrogens (tertiary/aromatic N) is 3. The van der Waals surface area contributed by atoms with E-state index in [4.69, 9.17) is 0 Å². The number of hydrogen-bond acceptors (Lipinski definition) is 4. The first-order chi connectivity index (χ1) is 8.31. The monoisotopic (exact) mass is 249 g/mol. The molecule has 1 aromatic carbocycles. The van der Waals surface area contributed by atoms with E-state index in [9.17, 15) is 4.39 Å². The van der Waals surface area contributed by atoms with Crippen LogP contribution in [-0.2, 0) is 19.5 Å². The summed E-state index contributed by atoms with van der Waals surface area (Å²) in [6.07, 6.45) is 0.907. The molecule has 2 aromatic rings. The zero-order valence-electron chi connectivity index (χ0n) is 9.27. The molecular weight excluding hydrogens is 237 g/mol. The molecule has 0 aliphatic carbocycles. The van der Waals surface area contributed by atoms with E-state index >= 15 is 0 Å². The van der Waals surface area contributed by atoms with Crippen molar-refractivity contribution in [3.05, 3.63) is 46.2 Å². The third-order valence-corrected chi connectivity index (χ3v) is 3.60. The topological polar surface area (TPSA) is 29.0 Å². The predicted octanol–water partition coefficient (Wildman–Crippen LogP) is 2.24. The number of halogens is 1. The van der Waals surface area contributed by atoms with Crippen LogP contribution >= 0.6 is 11.5 Å². The maximum Gasteiger partial charge on any atom is 0.123 e. The molecule has 0 unspecified atom stereocenters. The molecule has 0 atom stereocenters. The van der Waals surface area contributed by atoms with Crippen molar-refractivity contribution >= 4 is 11.5 Å². The van der Waals surface area contributed by atoms with Gasteiger partial charge in [-0.25, -0.2) is 4.39 Å². The smallest absolute Gasteiger partial charge is 0.123 e. The number of aromatic nitrogens is 2. The highest BCUT2D eigenvalue weighted by Crippen LogP contribution is 2.21. The maximum atomic E-state index is 13.1. The van der Waals surface area contributed by atoms with Crippen molar-refractivity contribution in [1.29, 1.82) is 0 Å². The van der Waals surface area contributed by atoms with Gasteiger partial charge in [0.2, 0.25) is 0 Å². The van der Waals surface area contributed by atoms with E-state index in [1.54, 1.807) is 6.07 Å². The Labute approximate surface area is 103 Å². The Morgan fingerprint density at radius 2 is 2.29 bits per heavy atom. The Hall–Kier alpha value is -1.33. The van der Waals surface area contributed by atoms with Crippen molar-refractivity contribution in [3.63, 3.8) is 0 Å². The molecular formula is C12H12FN3S. The van der Waals surface area contributed by atoms with Crippen molar-refractivity contribution < 1.29 is 4.39 Å². The molecule has 3 nitrogen and oxygen atoms in total. The lowest BCUT2D eigenvalue weighted by atomic mass is 9.99. The van der Waals surface area contributed by atoms with Gasteiger partial charge in [0.25, 0.3) is 0 Å². The standard InChI is InChI=1S/C12H12FN3S/c13-11-2-1-10-6-16(4-3-9(10)5-11)7-12-8-17-15-14-12/h1-2,5,8H,3-4,6-7H2. The quantitative estimate of drug-likeness (QED) is 0.817. The zero-order chi connectivity index (χ0) is 11.7. The van der Waals surface area contributed by atoms with E-state index in [1.807, 2.05) is 11.4 Å². The molecule has 0 bridgehead atoms. The molecule has 17 heavy (non-hydrogen) atoms. The van der Waals surface area contributed by atoms with Crippen LogP contribution in [-0.4, -0.2) is 21.0 Å². The average molecular weight is 249 g/mol. The van der Waals surface area contributed by atoms with Gasteiger partial charge in [0, 0.05) is 25.0 Å². The minimum atomic E-state index is -0.138. The summed E-state index contributed by atoms with van der Waals surface area (Å²) in [7, 11) is 0.